The molecule has 1 saturated carbocycles. The topological polar surface area (TPSA) is 43.4 Å². The molecule has 18 heavy (non-hydrogen) atoms. The summed E-state index contributed by atoms with van der Waals surface area (Å²) < 4.78 is 6.54. The predicted octanol–water partition coefficient (Wildman–Crippen LogP) is 2.07. The molecule has 6 unspecified atom stereocenters. The van der Waals surface area contributed by atoms with E-state index in [1.807, 2.05) is 27.7 Å². The van der Waals surface area contributed by atoms with Crippen LogP contribution in [0.4, 0.5) is 0 Å². The summed E-state index contributed by atoms with van der Waals surface area (Å²) in [7, 11) is 0. The fraction of sp³-hybridized carbons (Fsp3) is 0.857. The Labute approximate surface area is 118 Å². The van der Waals surface area contributed by atoms with E-state index in [1.54, 1.807) is 0 Å². The van der Waals surface area contributed by atoms with Crippen molar-refractivity contribution >= 4 is 11.6 Å². The third kappa shape index (κ3) is 0.841. The van der Waals surface area contributed by atoms with Gasteiger partial charge in [-0.3, -0.25) is 0 Å². The number of Topliss-reactive ketones (excluding diaryl/α,β-unsaturated/α-hetero) is 2. The van der Waals surface area contributed by atoms with E-state index >= 15 is 0 Å². The van der Waals surface area contributed by atoms with Crippen LogP contribution in [0.2, 0.25) is 4.51 Å². The zero-order chi connectivity index (χ0) is 13.7. The summed E-state index contributed by atoms with van der Waals surface area (Å²) in [5, 5.41) is 0. The van der Waals surface area contributed by atoms with Gasteiger partial charge in [0.2, 0.25) is 0 Å². The summed E-state index contributed by atoms with van der Waals surface area (Å²) in [6, 6.07) is 0. The van der Waals surface area contributed by atoms with E-state index < -0.39 is 22.0 Å². The maximum atomic E-state index is 12.5. The molecule has 4 heteroatoms. The molecule has 0 radical (unpaired) electrons. The Morgan fingerprint density at radius 2 is 1.50 bits per heavy atom. The van der Waals surface area contributed by atoms with Gasteiger partial charge in [0.15, 0.2) is 0 Å². The van der Waals surface area contributed by atoms with E-state index in [-0.39, 0.29) is 28.4 Å². The van der Waals surface area contributed by atoms with Crippen LogP contribution in [0.3, 0.4) is 0 Å². The van der Waals surface area contributed by atoms with E-state index in [1.165, 1.54) is 0 Å². The molecule has 0 aromatic rings. The third-order valence-corrected chi connectivity index (χ3v) is 8.48. The summed E-state index contributed by atoms with van der Waals surface area (Å²) >= 11 is 2.73. The van der Waals surface area contributed by atoms with Crippen molar-refractivity contribution in [3.05, 3.63) is 0 Å². The number of carbonyl (C=O) groups is 2. The molecule has 2 aliphatic heterocycles. The molecular weight excluding hydrogens is 317 g/mol. The van der Waals surface area contributed by atoms with Crippen molar-refractivity contribution in [3.8, 4) is 0 Å². The Kier molecular flexibility index (Phi) is 2.14. The van der Waals surface area contributed by atoms with Crippen LogP contribution < -0.4 is 0 Å². The van der Waals surface area contributed by atoms with Crippen LogP contribution in [0, 0.1) is 16.7 Å². The van der Waals surface area contributed by atoms with Crippen molar-refractivity contribution < 1.29 is 32.6 Å². The normalized spacial score (nSPS) is 62.6. The van der Waals surface area contributed by atoms with Gasteiger partial charge >= 0.3 is 118 Å². The minimum atomic E-state index is -0.686. The van der Waals surface area contributed by atoms with Gasteiger partial charge in [0, 0.05) is 0 Å². The first-order valence-electron chi connectivity index (χ1n) is 6.47. The van der Waals surface area contributed by atoms with Crippen molar-refractivity contribution in [2.45, 2.75) is 56.8 Å². The molecule has 0 spiro atoms. The standard InChI is InChI=1S/C14H19O3.Ru/c1-8-7-11(2)12(3)9(15)6-10(16)13(12,4)14(8,5)17-11;/h7-8H,6H2,1-5H3;. The molecule has 0 amide bonds. The maximum absolute atomic E-state index is 12.5. The average Bonchev–Trinajstić information content (AvgIpc) is 2.66. The number of fused-ring (bicyclic) bond motifs is 5. The molecule has 101 valence electrons. The van der Waals surface area contributed by atoms with Gasteiger partial charge < -0.3 is 0 Å². The van der Waals surface area contributed by atoms with E-state index in [9.17, 15) is 9.59 Å². The van der Waals surface area contributed by atoms with Gasteiger partial charge in [-0.1, -0.05) is 0 Å². The first-order valence-corrected chi connectivity index (χ1v) is 7.47. The third-order valence-electron chi connectivity index (χ3n) is 6.65. The zero-order valence-electron chi connectivity index (χ0n) is 11.4. The predicted molar refractivity (Wildman–Crippen MR) is 61.7 cm³/mol. The van der Waals surface area contributed by atoms with E-state index in [2.05, 4.69) is 25.2 Å². The van der Waals surface area contributed by atoms with E-state index in [0.717, 1.165) is 0 Å². The van der Waals surface area contributed by atoms with Crippen LogP contribution in [0.1, 0.15) is 41.0 Å². The van der Waals surface area contributed by atoms with Crippen LogP contribution in [-0.4, -0.2) is 22.8 Å². The molecule has 1 aliphatic carbocycles. The number of carbonyl (C=O) groups excluding carboxylic acids is 2. The molecule has 3 nitrogen and oxygen atoms in total. The van der Waals surface area contributed by atoms with Crippen molar-refractivity contribution in [1.29, 1.82) is 0 Å². The van der Waals surface area contributed by atoms with Crippen LogP contribution >= 0.6 is 0 Å². The Balaban J connectivity index is 2.35. The number of hydrogen-bond donors (Lipinski definition) is 0. The Morgan fingerprint density at radius 1 is 1.06 bits per heavy atom. The van der Waals surface area contributed by atoms with Gasteiger partial charge in [-0.2, -0.15) is 0 Å². The van der Waals surface area contributed by atoms with E-state index in [0.29, 0.717) is 0 Å². The molecule has 3 aliphatic rings. The summed E-state index contributed by atoms with van der Waals surface area (Å²) in [5.41, 5.74) is -2.44. The fourth-order valence-electron chi connectivity index (χ4n) is 4.87. The molecule has 2 heterocycles. The first-order chi connectivity index (χ1) is 8.07. The van der Waals surface area contributed by atoms with Crippen LogP contribution in [0.15, 0.2) is 0 Å². The molecule has 6 atom stereocenters. The second-order valence-corrected chi connectivity index (χ2v) is 7.85. The molecule has 3 fully saturated rings. The monoisotopic (exact) mass is 337 g/mol. The van der Waals surface area contributed by atoms with Crippen LogP contribution in [0.5, 0.6) is 0 Å². The Bertz CT molecular complexity index is 447. The molecule has 0 aromatic carbocycles. The summed E-state index contributed by atoms with van der Waals surface area (Å²) in [6.07, 6.45) is 0.0765. The SMILES string of the molecule is CC1[CH]([Ru])C2(C)OC1(C)C1(C)C(=O)CC(=O)C21C. The van der Waals surface area contributed by atoms with Crippen LogP contribution in [-0.2, 0) is 32.6 Å². The number of hydrogen-bond acceptors (Lipinski definition) is 3. The second-order valence-electron chi connectivity index (χ2n) is 6.76. The Morgan fingerprint density at radius 3 is 2.00 bits per heavy atom. The van der Waals surface area contributed by atoms with Crippen LogP contribution in [0.25, 0.3) is 0 Å². The number of ketones is 2. The van der Waals surface area contributed by atoms with E-state index in [4.69, 9.17) is 4.74 Å². The molecule has 2 saturated heterocycles. The van der Waals surface area contributed by atoms with Crippen molar-refractivity contribution in [3.63, 3.8) is 0 Å². The van der Waals surface area contributed by atoms with Crippen molar-refractivity contribution in [2.75, 3.05) is 0 Å². The molecular formula is C14H19O3Ru. The average molecular weight is 336 g/mol. The zero-order valence-corrected chi connectivity index (χ0v) is 13.2. The fourth-order valence-corrected chi connectivity index (χ4v) is 6.03. The quantitative estimate of drug-likeness (QED) is 0.502. The van der Waals surface area contributed by atoms with Gasteiger partial charge in [0.05, 0.1) is 0 Å². The van der Waals surface area contributed by atoms with Gasteiger partial charge in [-0.05, 0) is 0 Å². The summed E-state index contributed by atoms with van der Waals surface area (Å²) in [4.78, 5) is 25.0. The second kappa shape index (κ2) is 2.98. The molecule has 3 rings (SSSR count). The van der Waals surface area contributed by atoms with Crippen molar-refractivity contribution in [2.24, 2.45) is 16.7 Å². The van der Waals surface area contributed by atoms with Gasteiger partial charge in [0.1, 0.15) is 0 Å². The summed E-state index contributed by atoms with van der Waals surface area (Å²) in [5.74, 6) is 0.376. The number of ether oxygens (including phenoxy) is 1. The van der Waals surface area contributed by atoms with Gasteiger partial charge in [-0.15, -0.1) is 0 Å². The molecule has 0 N–H and O–H groups in total. The summed E-state index contributed by atoms with van der Waals surface area (Å²) in [6.45, 7) is 10.0. The van der Waals surface area contributed by atoms with Crippen molar-refractivity contribution in [1.82, 2.24) is 0 Å². The molecule has 0 aromatic heterocycles. The first kappa shape index (κ1) is 12.9. The van der Waals surface area contributed by atoms with Gasteiger partial charge in [-0.25, -0.2) is 0 Å². The number of rotatable bonds is 0. The van der Waals surface area contributed by atoms with Gasteiger partial charge in [0.25, 0.3) is 0 Å². The molecule has 2 bridgehead atoms. The minimum absolute atomic E-state index is 0.0582. The Hall–Kier alpha value is -0.0766.